The molecule has 6 rings (SSSR count). The first-order valence-electron chi connectivity index (χ1n) is 13.1. The lowest BCUT2D eigenvalue weighted by Crippen LogP contribution is -2.53. The normalized spacial score (nSPS) is 21.3. The second-order valence-electron chi connectivity index (χ2n) is 9.96. The molecule has 0 spiro atoms. The Hall–Kier alpha value is -4.38. The number of thioether (sulfide) groups is 1. The van der Waals surface area contributed by atoms with E-state index >= 15 is 0 Å². The van der Waals surface area contributed by atoms with E-state index in [-0.39, 0.29) is 23.9 Å². The van der Waals surface area contributed by atoms with Gasteiger partial charge in [0.15, 0.2) is 0 Å². The van der Waals surface area contributed by atoms with Crippen LogP contribution >= 0.6 is 11.8 Å². The number of rotatable bonds is 6. The number of amides is 4. The lowest BCUT2D eigenvalue weighted by atomic mass is 9.99. The third-order valence-electron chi connectivity index (χ3n) is 7.22. The number of carbonyl (C=O) groups excluding carboxylic acids is 3. The Kier molecular flexibility index (Phi) is 6.89. The van der Waals surface area contributed by atoms with Gasteiger partial charge < -0.3 is 20.3 Å². The molecule has 0 saturated carbocycles. The molecule has 3 aliphatic rings. The van der Waals surface area contributed by atoms with E-state index in [9.17, 15) is 14.4 Å². The third-order valence-corrected chi connectivity index (χ3v) is 8.51. The van der Waals surface area contributed by atoms with Crippen LogP contribution in [-0.4, -0.2) is 57.1 Å². The first-order valence-corrected chi connectivity index (χ1v) is 14.0. The molecule has 11 heteroatoms. The highest BCUT2D eigenvalue weighted by Crippen LogP contribution is 2.50. The number of nitrogens with zero attached hydrogens (tertiary/aromatic N) is 4. The maximum absolute atomic E-state index is 13.4. The molecule has 1 fully saturated rings. The van der Waals surface area contributed by atoms with E-state index in [2.05, 4.69) is 27.2 Å². The maximum atomic E-state index is 13.4. The molecule has 4 amide bonds. The van der Waals surface area contributed by atoms with Crippen molar-refractivity contribution in [2.45, 2.75) is 42.1 Å². The van der Waals surface area contributed by atoms with Crippen LogP contribution < -0.4 is 20.3 Å². The summed E-state index contributed by atoms with van der Waals surface area (Å²) < 4.78 is 5.83. The highest BCUT2D eigenvalue weighted by Gasteiger charge is 2.47. The molecular weight excluding hydrogens is 528 g/mol. The second-order valence-corrected chi connectivity index (χ2v) is 11.1. The number of piperidine rings is 1. The fraction of sp³-hybridized carbons (Fsp3) is 0.276. The molecule has 204 valence electrons. The van der Waals surface area contributed by atoms with Crippen LogP contribution in [0.1, 0.15) is 30.0 Å². The Bertz CT molecular complexity index is 1480. The summed E-state index contributed by atoms with van der Waals surface area (Å²) in [6.07, 6.45) is 6.28. The molecule has 40 heavy (non-hydrogen) atoms. The van der Waals surface area contributed by atoms with Crippen molar-refractivity contribution in [2.75, 3.05) is 18.0 Å². The van der Waals surface area contributed by atoms with Crippen molar-refractivity contribution in [3.63, 3.8) is 0 Å². The number of anilines is 2. The first kappa shape index (κ1) is 25.9. The average Bonchev–Trinajstić information content (AvgIpc) is 3.34. The number of urea groups is 1. The molecule has 3 atom stereocenters. The number of nitrogens with one attached hydrogen (secondary N) is 2. The van der Waals surface area contributed by atoms with Crippen LogP contribution in [0.15, 0.2) is 72.5 Å². The van der Waals surface area contributed by atoms with Crippen molar-refractivity contribution in [3.8, 4) is 11.6 Å². The Morgan fingerprint density at radius 1 is 1.18 bits per heavy atom. The fourth-order valence-electron chi connectivity index (χ4n) is 5.29. The van der Waals surface area contributed by atoms with Gasteiger partial charge in [0.05, 0.1) is 17.4 Å². The lowest BCUT2D eigenvalue weighted by Gasteiger charge is -2.35. The summed E-state index contributed by atoms with van der Waals surface area (Å²) in [4.78, 5) is 51.0. The summed E-state index contributed by atoms with van der Waals surface area (Å²) in [5.41, 5.74) is 3.21. The van der Waals surface area contributed by atoms with Gasteiger partial charge in [0.1, 0.15) is 16.0 Å². The van der Waals surface area contributed by atoms with Crippen LogP contribution in [0.5, 0.6) is 11.6 Å². The van der Waals surface area contributed by atoms with Crippen LogP contribution in [-0.2, 0) is 9.59 Å². The Morgan fingerprint density at radius 2 is 2.00 bits per heavy atom. The summed E-state index contributed by atoms with van der Waals surface area (Å²) >= 11 is 1.35. The highest BCUT2D eigenvalue weighted by atomic mass is 32.2. The molecule has 0 aliphatic carbocycles. The van der Waals surface area contributed by atoms with Crippen LogP contribution in [0.3, 0.4) is 0 Å². The lowest BCUT2D eigenvalue weighted by molar-refractivity contribution is -0.129. The number of aromatic nitrogens is 2. The summed E-state index contributed by atoms with van der Waals surface area (Å²) in [5, 5.41) is 6.27. The zero-order valence-corrected chi connectivity index (χ0v) is 22.7. The van der Waals surface area contributed by atoms with E-state index in [1.807, 2.05) is 25.1 Å². The van der Waals surface area contributed by atoms with E-state index < -0.39 is 11.3 Å². The Labute approximate surface area is 235 Å². The van der Waals surface area contributed by atoms with Crippen molar-refractivity contribution in [1.82, 2.24) is 25.5 Å². The highest BCUT2D eigenvalue weighted by molar-refractivity contribution is 8.01. The number of benzene rings is 1. The quantitative estimate of drug-likeness (QED) is 0.436. The topological polar surface area (TPSA) is 117 Å². The van der Waals surface area contributed by atoms with Crippen LogP contribution in [0, 0.1) is 6.92 Å². The molecule has 0 radical (unpaired) electrons. The van der Waals surface area contributed by atoms with E-state index in [0.29, 0.717) is 41.1 Å². The van der Waals surface area contributed by atoms with Crippen LogP contribution in [0.2, 0.25) is 0 Å². The standard InChI is InChI=1S/C29H28N6O4S/c1-3-23(36)34-14-4-5-18(16-34)32-27(37)26-25-24-21(12-13-30-28(24)40-26)35(29(38)33-25)19-7-9-20(10-8-19)39-22-11-6-17(2)15-31-22/h3,6-13,15,18,25-26H,1,4-5,14,16H2,2H3,(H,32,37)(H,33,38)/t18?,25?,26-/m1/s1. The molecule has 1 aromatic carbocycles. The molecule has 3 aliphatic heterocycles. The van der Waals surface area contributed by atoms with Gasteiger partial charge in [0, 0.05) is 43.2 Å². The van der Waals surface area contributed by atoms with Gasteiger partial charge in [-0.15, -0.1) is 0 Å². The van der Waals surface area contributed by atoms with Gasteiger partial charge in [-0.3, -0.25) is 14.5 Å². The van der Waals surface area contributed by atoms with Gasteiger partial charge in [-0.25, -0.2) is 14.8 Å². The molecule has 5 heterocycles. The largest absolute Gasteiger partial charge is 0.439 e. The average molecular weight is 557 g/mol. The summed E-state index contributed by atoms with van der Waals surface area (Å²) in [6, 6.07) is 11.7. The van der Waals surface area contributed by atoms with Crippen molar-refractivity contribution in [1.29, 1.82) is 0 Å². The molecular formula is C29H28N6O4S. The monoisotopic (exact) mass is 556 g/mol. The second kappa shape index (κ2) is 10.6. The number of likely N-dealkylation sites (tertiary alicyclic amines) is 1. The van der Waals surface area contributed by atoms with Crippen LogP contribution in [0.4, 0.5) is 16.2 Å². The number of pyridine rings is 2. The molecule has 2 N–H and O–H groups in total. The molecule has 2 unspecified atom stereocenters. The third kappa shape index (κ3) is 4.88. The zero-order chi connectivity index (χ0) is 27.8. The van der Waals surface area contributed by atoms with Crippen molar-refractivity contribution in [2.24, 2.45) is 0 Å². The minimum atomic E-state index is -0.571. The van der Waals surface area contributed by atoms with E-state index in [1.54, 1.807) is 46.5 Å². The van der Waals surface area contributed by atoms with Gasteiger partial charge in [0.2, 0.25) is 17.7 Å². The molecule has 0 bridgehead atoms. The van der Waals surface area contributed by atoms with E-state index in [0.717, 1.165) is 24.0 Å². The minimum absolute atomic E-state index is 0.138. The fourth-order valence-corrected chi connectivity index (χ4v) is 6.52. The molecule has 3 aromatic rings. The number of carbonyl (C=O) groups is 3. The summed E-state index contributed by atoms with van der Waals surface area (Å²) in [5.74, 6) is 0.760. The molecule has 2 aromatic heterocycles. The van der Waals surface area contributed by atoms with Gasteiger partial charge >= 0.3 is 6.03 Å². The maximum Gasteiger partial charge on any atom is 0.327 e. The predicted molar refractivity (Wildman–Crippen MR) is 151 cm³/mol. The Morgan fingerprint density at radius 3 is 2.75 bits per heavy atom. The number of aryl methyl sites for hydroxylation is 1. The van der Waals surface area contributed by atoms with Crippen LogP contribution in [0.25, 0.3) is 0 Å². The first-order chi connectivity index (χ1) is 19.4. The molecule has 1 saturated heterocycles. The number of hydrogen-bond acceptors (Lipinski definition) is 7. The minimum Gasteiger partial charge on any atom is -0.439 e. The number of ether oxygens (including phenoxy) is 1. The molecule has 10 nitrogen and oxygen atoms in total. The predicted octanol–water partition coefficient (Wildman–Crippen LogP) is 4.25. The van der Waals surface area contributed by atoms with Gasteiger partial charge in [-0.2, -0.15) is 0 Å². The summed E-state index contributed by atoms with van der Waals surface area (Å²) in [7, 11) is 0. The SMILES string of the molecule is C=CC(=O)N1CCCC(NC(=O)[C@@H]2Sc3nccc4c3C2NC(=O)N4c2ccc(Oc3ccc(C)cn3)cc2)C1. The Balaban J connectivity index is 1.19. The van der Waals surface area contributed by atoms with Crippen molar-refractivity contribution in [3.05, 3.63) is 78.6 Å². The van der Waals surface area contributed by atoms with Gasteiger partial charge in [-0.05, 0) is 61.7 Å². The van der Waals surface area contributed by atoms with Crippen molar-refractivity contribution < 1.29 is 19.1 Å². The number of hydrogen-bond donors (Lipinski definition) is 2. The smallest absolute Gasteiger partial charge is 0.327 e. The zero-order valence-electron chi connectivity index (χ0n) is 21.9. The summed E-state index contributed by atoms with van der Waals surface area (Å²) in [6.45, 7) is 6.61. The van der Waals surface area contributed by atoms with E-state index in [4.69, 9.17) is 4.74 Å². The van der Waals surface area contributed by atoms with Gasteiger partial charge in [0.25, 0.3) is 0 Å². The van der Waals surface area contributed by atoms with E-state index in [1.165, 1.54) is 17.8 Å². The van der Waals surface area contributed by atoms with Crippen molar-refractivity contribution >= 4 is 41.0 Å². The van der Waals surface area contributed by atoms with Gasteiger partial charge in [-0.1, -0.05) is 24.4 Å².